The predicted octanol–water partition coefficient (Wildman–Crippen LogP) is 4.70. The number of sulfonamides is 1. The number of hydrogen-bond acceptors (Lipinski definition) is 5. The lowest BCUT2D eigenvalue weighted by Gasteiger charge is -2.26. The van der Waals surface area contributed by atoms with Crippen LogP contribution in [-0.2, 0) is 21.3 Å². The van der Waals surface area contributed by atoms with Gasteiger partial charge >= 0.3 is 5.97 Å². The van der Waals surface area contributed by atoms with Crippen molar-refractivity contribution < 1.29 is 22.7 Å². The van der Waals surface area contributed by atoms with E-state index in [1.165, 1.54) is 28.4 Å². The van der Waals surface area contributed by atoms with Gasteiger partial charge in [0.05, 0.1) is 36.7 Å². The summed E-state index contributed by atoms with van der Waals surface area (Å²) in [6.07, 6.45) is 2.67. The van der Waals surface area contributed by atoms with E-state index in [1.54, 1.807) is 48.5 Å². The van der Waals surface area contributed by atoms with Crippen LogP contribution in [0.15, 0.2) is 72.9 Å². The van der Waals surface area contributed by atoms with E-state index in [1.807, 2.05) is 32.0 Å². The van der Waals surface area contributed by atoms with Gasteiger partial charge < -0.3 is 4.74 Å². The molecule has 0 aliphatic heterocycles. The molecule has 0 bridgehead atoms. The maximum absolute atomic E-state index is 13.3. The number of carbonyl (C=O) groups is 2. The van der Waals surface area contributed by atoms with Crippen LogP contribution in [0.5, 0.6) is 0 Å². The van der Waals surface area contributed by atoms with Gasteiger partial charge in [-0.3, -0.25) is 13.7 Å². The lowest BCUT2D eigenvalue weighted by molar-refractivity contribution is 0.0603. The van der Waals surface area contributed by atoms with Crippen LogP contribution in [0.25, 0.3) is 10.9 Å². The second-order valence-corrected chi connectivity index (χ2v) is 10.3. The fraction of sp³-hybridized carbons (Fsp3) is 0.185. The Kier molecular flexibility index (Phi) is 6.49. The molecule has 35 heavy (non-hydrogen) atoms. The normalized spacial score (nSPS) is 11.4. The first-order valence-electron chi connectivity index (χ1n) is 11.0. The van der Waals surface area contributed by atoms with Crippen molar-refractivity contribution in [3.05, 3.63) is 101 Å². The zero-order valence-electron chi connectivity index (χ0n) is 20.0. The number of anilines is 1. The average molecular weight is 491 g/mol. The number of aryl methyl sites for hydroxylation is 2. The Labute approximate surface area is 204 Å². The summed E-state index contributed by atoms with van der Waals surface area (Å²) >= 11 is 0. The van der Waals surface area contributed by atoms with E-state index in [0.717, 1.165) is 16.7 Å². The molecule has 3 aromatic carbocycles. The minimum absolute atomic E-state index is 0.137. The van der Waals surface area contributed by atoms with Crippen LogP contribution >= 0.6 is 0 Å². The smallest absolute Gasteiger partial charge is 0.340 e. The van der Waals surface area contributed by atoms with E-state index in [4.69, 9.17) is 4.74 Å². The molecule has 0 aliphatic carbocycles. The minimum Gasteiger partial charge on any atom is -0.465 e. The number of esters is 1. The molecule has 1 aromatic heterocycles. The highest BCUT2D eigenvalue weighted by molar-refractivity contribution is 7.92. The molecule has 0 saturated carbocycles. The first-order chi connectivity index (χ1) is 16.6. The largest absolute Gasteiger partial charge is 0.465 e. The van der Waals surface area contributed by atoms with Crippen molar-refractivity contribution in [1.29, 1.82) is 0 Å². The minimum atomic E-state index is -3.54. The van der Waals surface area contributed by atoms with Crippen LogP contribution in [0.2, 0.25) is 0 Å². The number of para-hydroxylation sites is 2. The molecule has 0 spiro atoms. The maximum Gasteiger partial charge on any atom is 0.340 e. The molecule has 4 aromatic rings. The molecule has 7 nitrogen and oxygen atoms in total. The summed E-state index contributed by atoms with van der Waals surface area (Å²) in [5.41, 5.74) is 4.44. The fourth-order valence-electron chi connectivity index (χ4n) is 4.24. The van der Waals surface area contributed by atoms with Gasteiger partial charge in [-0.1, -0.05) is 48.5 Å². The number of carbonyl (C=O) groups excluding carboxylic acids is 2. The molecule has 4 rings (SSSR count). The quantitative estimate of drug-likeness (QED) is 0.366. The Balaban J connectivity index is 1.67. The van der Waals surface area contributed by atoms with E-state index >= 15 is 0 Å². The van der Waals surface area contributed by atoms with Gasteiger partial charge in [0.15, 0.2) is 0 Å². The third-order valence-corrected chi connectivity index (χ3v) is 7.06. The number of hydrogen-bond donors (Lipinski definition) is 0. The monoisotopic (exact) mass is 490 g/mol. The Morgan fingerprint density at radius 1 is 0.914 bits per heavy atom. The van der Waals surface area contributed by atoms with Crippen molar-refractivity contribution >= 4 is 38.5 Å². The molecular weight excluding hydrogens is 464 g/mol. The van der Waals surface area contributed by atoms with E-state index in [2.05, 4.69) is 0 Å². The molecule has 1 heterocycles. The highest BCUT2D eigenvalue weighted by Gasteiger charge is 2.22. The van der Waals surface area contributed by atoms with Crippen LogP contribution in [0.4, 0.5) is 5.69 Å². The first kappa shape index (κ1) is 24.2. The van der Waals surface area contributed by atoms with E-state index in [0.29, 0.717) is 27.7 Å². The van der Waals surface area contributed by atoms with Crippen molar-refractivity contribution in [3.8, 4) is 0 Å². The van der Waals surface area contributed by atoms with Crippen LogP contribution < -0.4 is 4.31 Å². The van der Waals surface area contributed by atoms with Gasteiger partial charge in [-0.25, -0.2) is 13.2 Å². The molecule has 180 valence electrons. The number of rotatable bonds is 6. The van der Waals surface area contributed by atoms with Crippen LogP contribution in [-0.4, -0.2) is 38.2 Å². The number of aromatic nitrogens is 1. The fourth-order valence-corrected chi connectivity index (χ4v) is 5.24. The second-order valence-electron chi connectivity index (χ2n) is 8.43. The van der Waals surface area contributed by atoms with Gasteiger partial charge in [0, 0.05) is 17.1 Å². The predicted molar refractivity (Wildman–Crippen MR) is 136 cm³/mol. The summed E-state index contributed by atoms with van der Waals surface area (Å²) < 4.78 is 32.9. The van der Waals surface area contributed by atoms with Crippen molar-refractivity contribution in [2.24, 2.45) is 0 Å². The topological polar surface area (TPSA) is 85.7 Å². The lowest BCUT2D eigenvalue weighted by atomic mass is 10.1. The Bertz CT molecular complexity index is 1520. The number of nitrogens with zero attached hydrogens (tertiary/aromatic N) is 2. The number of fused-ring (bicyclic) bond motifs is 1. The van der Waals surface area contributed by atoms with Crippen LogP contribution in [0, 0.1) is 13.8 Å². The maximum atomic E-state index is 13.3. The highest BCUT2D eigenvalue weighted by Crippen LogP contribution is 2.29. The van der Waals surface area contributed by atoms with Gasteiger partial charge in [-0.15, -0.1) is 0 Å². The number of ether oxygens (including phenoxy) is 1. The van der Waals surface area contributed by atoms with Gasteiger partial charge in [0.25, 0.3) is 5.91 Å². The van der Waals surface area contributed by atoms with Gasteiger partial charge in [-0.2, -0.15) is 0 Å². The Hall–Kier alpha value is -3.91. The molecular formula is C27H26N2O5S. The van der Waals surface area contributed by atoms with Gasteiger partial charge in [-0.05, 0) is 48.7 Å². The van der Waals surface area contributed by atoms with Crippen molar-refractivity contribution in [2.45, 2.75) is 20.4 Å². The summed E-state index contributed by atoms with van der Waals surface area (Å²) in [6.45, 7) is 3.90. The molecule has 0 atom stereocenters. The van der Waals surface area contributed by atoms with Crippen molar-refractivity contribution in [3.63, 3.8) is 0 Å². The van der Waals surface area contributed by atoms with E-state index in [9.17, 15) is 18.0 Å². The molecule has 0 radical (unpaired) electrons. The zero-order valence-corrected chi connectivity index (χ0v) is 20.8. The number of benzene rings is 3. The standard InChI is InChI=1S/C27H26N2O5S/c1-18-8-7-9-19(2)25(18)29(35(4,32)33)16-20-12-14-21(15-13-20)26(30)28-17-23(27(31)34-3)22-10-5-6-11-24(22)28/h5-15,17H,16H2,1-4H3. The molecule has 0 aliphatic rings. The molecule has 0 amide bonds. The van der Waals surface area contributed by atoms with Crippen molar-refractivity contribution in [1.82, 2.24) is 4.57 Å². The molecule has 0 saturated heterocycles. The Morgan fingerprint density at radius 2 is 1.54 bits per heavy atom. The van der Waals surface area contributed by atoms with Crippen LogP contribution in [0.1, 0.15) is 37.4 Å². The summed E-state index contributed by atoms with van der Waals surface area (Å²) in [4.78, 5) is 25.5. The first-order valence-corrected chi connectivity index (χ1v) is 12.8. The number of methoxy groups -OCH3 is 1. The zero-order chi connectivity index (χ0) is 25.3. The molecule has 8 heteroatoms. The molecule has 0 fully saturated rings. The second kappa shape index (κ2) is 9.38. The Morgan fingerprint density at radius 3 is 2.14 bits per heavy atom. The third-order valence-electron chi connectivity index (χ3n) is 5.95. The van der Waals surface area contributed by atoms with Crippen LogP contribution in [0.3, 0.4) is 0 Å². The summed E-state index contributed by atoms with van der Waals surface area (Å²) in [5, 5.41) is 0.627. The molecule has 0 N–H and O–H groups in total. The third kappa shape index (κ3) is 4.70. The van der Waals surface area contributed by atoms with Crippen molar-refractivity contribution in [2.75, 3.05) is 17.7 Å². The van der Waals surface area contributed by atoms with E-state index in [-0.39, 0.29) is 12.5 Å². The average Bonchev–Trinajstić information content (AvgIpc) is 3.22. The van der Waals surface area contributed by atoms with Gasteiger partial charge in [0.2, 0.25) is 10.0 Å². The van der Waals surface area contributed by atoms with E-state index < -0.39 is 16.0 Å². The summed E-state index contributed by atoms with van der Waals surface area (Å²) in [7, 11) is -2.25. The summed E-state index contributed by atoms with van der Waals surface area (Å²) in [5.74, 6) is -0.826. The lowest BCUT2D eigenvalue weighted by Crippen LogP contribution is -2.30. The SMILES string of the molecule is COC(=O)c1cn(C(=O)c2ccc(CN(c3c(C)cccc3C)S(C)(=O)=O)cc2)c2ccccc12. The highest BCUT2D eigenvalue weighted by atomic mass is 32.2. The summed E-state index contributed by atoms with van der Waals surface area (Å²) in [6, 6.07) is 19.6. The van der Waals surface area contributed by atoms with Gasteiger partial charge in [0.1, 0.15) is 0 Å². The molecule has 0 unspecified atom stereocenters.